The first-order chi connectivity index (χ1) is 13.6. The molecule has 2 saturated heterocycles. The lowest BCUT2D eigenvalue weighted by Gasteiger charge is -2.38. The molecule has 2 aliphatic heterocycles. The first kappa shape index (κ1) is 19.2. The van der Waals surface area contributed by atoms with Crippen molar-refractivity contribution in [3.05, 3.63) is 64.2 Å². The van der Waals surface area contributed by atoms with Crippen LogP contribution in [0.25, 0.3) is 0 Å². The first-order valence-corrected chi connectivity index (χ1v) is 10.0. The lowest BCUT2D eigenvalue weighted by molar-refractivity contribution is -0.129. The minimum atomic E-state index is 0.128. The van der Waals surface area contributed by atoms with E-state index in [2.05, 4.69) is 28.4 Å². The van der Waals surface area contributed by atoms with Gasteiger partial charge >= 0.3 is 0 Å². The highest BCUT2D eigenvalue weighted by molar-refractivity contribution is 6.31. The van der Waals surface area contributed by atoms with Crippen molar-refractivity contribution in [3.8, 4) is 5.75 Å². The van der Waals surface area contributed by atoms with Crippen LogP contribution in [0.1, 0.15) is 22.6 Å². The molecule has 0 unspecified atom stereocenters. The van der Waals surface area contributed by atoms with Crippen LogP contribution >= 0.6 is 11.6 Å². The molecule has 0 aliphatic carbocycles. The van der Waals surface area contributed by atoms with Crippen molar-refractivity contribution in [2.24, 2.45) is 5.92 Å². The topological polar surface area (TPSA) is 50.8 Å². The van der Waals surface area contributed by atoms with Crippen molar-refractivity contribution in [1.29, 1.82) is 0 Å². The summed E-state index contributed by atoms with van der Waals surface area (Å²) in [6, 6.07) is 14.2. The van der Waals surface area contributed by atoms with Gasteiger partial charge in [-0.3, -0.25) is 9.69 Å². The summed E-state index contributed by atoms with van der Waals surface area (Å²) in [5.41, 5.74) is 3.48. The van der Waals surface area contributed by atoms with Crippen LogP contribution in [0.2, 0.25) is 5.02 Å². The van der Waals surface area contributed by atoms with Crippen LogP contribution in [0.15, 0.2) is 42.5 Å². The zero-order chi connectivity index (χ0) is 19.5. The van der Waals surface area contributed by atoms with Crippen molar-refractivity contribution < 1.29 is 14.3 Å². The van der Waals surface area contributed by atoms with Gasteiger partial charge in [0.15, 0.2) is 0 Å². The number of carbonyl (C=O) groups is 1. The van der Waals surface area contributed by atoms with Crippen LogP contribution in [0.3, 0.4) is 0 Å². The molecule has 2 aromatic carbocycles. The Morgan fingerprint density at radius 2 is 1.89 bits per heavy atom. The zero-order valence-corrected chi connectivity index (χ0v) is 16.7. The molecule has 2 aliphatic rings. The molecular weight excluding hydrogens is 376 g/mol. The van der Waals surface area contributed by atoms with Gasteiger partial charge in [-0.2, -0.15) is 0 Å². The second-order valence-corrected chi connectivity index (χ2v) is 7.94. The van der Waals surface area contributed by atoms with E-state index in [1.807, 2.05) is 24.3 Å². The number of hydrogen-bond acceptors (Lipinski definition) is 4. The number of carbonyl (C=O) groups excluding carboxylic acids is 1. The van der Waals surface area contributed by atoms with Gasteiger partial charge in [-0.1, -0.05) is 35.9 Å². The van der Waals surface area contributed by atoms with Gasteiger partial charge in [0.2, 0.25) is 5.91 Å². The van der Waals surface area contributed by atoms with E-state index in [0.29, 0.717) is 12.5 Å². The Morgan fingerprint density at radius 1 is 1.18 bits per heavy atom. The third kappa shape index (κ3) is 4.32. The predicted molar refractivity (Wildman–Crippen MR) is 109 cm³/mol. The summed E-state index contributed by atoms with van der Waals surface area (Å²) in [5.74, 6) is 1.51. The summed E-state index contributed by atoms with van der Waals surface area (Å²) in [4.78, 5) is 13.8. The van der Waals surface area contributed by atoms with Crippen LogP contribution in [-0.4, -0.2) is 44.2 Å². The number of halogens is 1. The average Bonchev–Trinajstić information content (AvgIpc) is 2.64. The molecule has 2 fully saturated rings. The summed E-state index contributed by atoms with van der Waals surface area (Å²) >= 11 is 6.31. The molecule has 0 radical (unpaired) electrons. The quantitative estimate of drug-likeness (QED) is 0.775. The molecule has 0 bridgehead atoms. The van der Waals surface area contributed by atoms with Crippen LogP contribution < -0.4 is 10.1 Å². The van der Waals surface area contributed by atoms with Gasteiger partial charge in [0.1, 0.15) is 12.4 Å². The lowest BCUT2D eigenvalue weighted by atomic mass is 9.96. The van der Waals surface area contributed by atoms with Gasteiger partial charge in [0.25, 0.3) is 0 Å². The van der Waals surface area contributed by atoms with Crippen molar-refractivity contribution in [3.63, 3.8) is 0 Å². The molecule has 0 spiro atoms. The van der Waals surface area contributed by atoms with Gasteiger partial charge in [-0.05, 0) is 34.9 Å². The number of nitrogens with one attached hydrogen (secondary N) is 1. The Labute approximate surface area is 170 Å². The third-order valence-electron chi connectivity index (χ3n) is 5.45. The maximum atomic E-state index is 11.6. The Bertz CT molecular complexity index is 830. The first-order valence-electron chi connectivity index (χ1n) is 9.64. The Kier molecular flexibility index (Phi) is 5.85. The maximum Gasteiger partial charge on any atom is 0.225 e. The van der Waals surface area contributed by atoms with Gasteiger partial charge < -0.3 is 14.8 Å². The smallest absolute Gasteiger partial charge is 0.225 e. The van der Waals surface area contributed by atoms with Crippen molar-refractivity contribution in [1.82, 2.24) is 10.2 Å². The minimum Gasteiger partial charge on any atom is -0.489 e. The standard InChI is InChI=1S/C22H25ClN2O3/c1-24-22(26)17-10-25(11-17)9-15-2-5-19(6-3-15)28-12-16-4-7-21(23)20(8-16)18-13-27-14-18/h2-8,17-18H,9-14H2,1H3,(H,24,26). The number of rotatable bonds is 7. The van der Waals surface area contributed by atoms with Crippen LogP contribution in [-0.2, 0) is 22.7 Å². The monoisotopic (exact) mass is 400 g/mol. The van der Waals surface area contributed by atoms with Crippen molar-refractivity contribution in [2.45, 2.75) is 19.1 Å². The van der Waals surface area contributed by atoms with Crippen molar-refractivity contribution in [2.75, 3.05) is 33.4 Å². The van der Waals surface area contributed by atoms with Gasteiger partial charge in [-0.25, -0.2) is 0 Å². The number of ether oxygens (including phenoxy) is 2. The van der Waals surface area contributed by atoms with E-state index in [4.69, 9.17) is 21.1 Å². The number of amides is 1. The molecule has 6 heteroatoms. The van der Waals surface area contributed by atoms with Crippen LogP contribution in [0.5, 0.6) is 5.75 Å². The molecule has 0 atom stereocenters. The molecule has 2 heterocycles. The SMILES string of the molecule is CNC(=O)C1CN(Cc2ccc(OCc3ccc(Cl)c(C4COC4)c3)cc2)C1. The highest BCUT2D eigenvalue weighted by Gasteiger charge is 2.31. The average molecular weight is 401 g/mol. The molecule has 0 aromatic heterocycles. The third-order valence-corrected chi connectivity index (χ3v) is 5.79. The molecule has 1 amide bonds. The fourth-order valence-electron chi connectivity index (χ4n) is 3.60. The Morgan fingerprint density at radius 3 is 2.54 bits per heavy atom. The summed E-state index contributed by atoms with van der Waals surface area (Å²) in [5, 5.41) is 3.51. The van der Waals surface area contributed by atoms with E-state index in [0.717, 1.165) is 54.7 Å². The molecule has 2 aromatic rings. The van der Waals surface area contributed by atoms with E-state index in [9.17, 15) is 4.79 Å². The molecular formula is C22H25ClN2O3. The Balaban J connectivity index is 1.28. The second kappa shape index (κ2) is 8.52. The van der Waals surface area contributed by atoms with Crippen LogP contribution in [0.4, 0.5) is 0 Å². The van der Waals surface area contributed by atoms with Gasteiger partial charge in [0.05, 0.1) is 19.1 Å². The fraction of sp³-hybridized carbons (Fsp3) is 0.409. The highest BCUT2D eigenvalue weighted by Crippen LogP contribution is 2.31. The predicted octanol–water partition coefficient (Wildman–Crippen LogP) is 3.21. The minimum absolute atomic E-state index is 0.128. The summed E-state index contributed by atoms with van der Waals surface area (Å²) in [6.07, 6.45) is 0. The maximum absolute atomic E-state index is 11.6. The van der Waals surface area contributed by atoms with E-state index in [1.165, 1.54) is 5.56 Å². The summed E-state index contributed by atoms with van der Waals surface area (Å²) < 4.78 is 11.2. The number of hydrogen-bond donors (Lipinski definition) is 1. The fourth-order valence-corrected chi connectivity index (χ4v) is 3.87. The zero-order valence-electron chi connectivity index (χ0n) is 16.0. The highest BCUT2D eigenvalue weighted by atomic mass is 35.5. The van der Waals surface area contributed by atoms with E-state index in [-0.39, 0.29) is 11.8 Å². The molecule has 148 valence electrons. The van der Waals surface area contributed by atoms with Crippen LogP contribution in [0, 0.1) is 5.92 Å². The molecule has 1 N–H and O–H groups in total. The molecule has 28 heavy (non-hydrogen) atoms. The molecule has 0 saturated carbocycles. The summed E-state index contributed by atoms with van der Waals surface area (Å²) in [7, 11) is 1.69. The number of nitrogens with zero attached hydrogens (tertiary/aromatic N) is 1. The number of likely N-dealkylation sites (tertiary alicyclic amines) is 1. The lowest BCUT2D eigenvalue weighted by Crippen LogP contribution is -2.52. The number of benzene rings is 2. The summed E-state index contributed by atoms with van der Waals surface area (Å²) in [6.45, 7) is 4.50. The Hall–Kier alpha value is -2.08. The second-order valence-electron chi connectivity index (χ2n) is 7.53. The van der Waals surface area contributed by atoms with Gasteiger partial charge in [0, 0.05) is 37.6 Å². The van der Waals surface area contributed by atoms with E-state index in [1.54, 1.807) is 7.05 Å². The largest absolute Gasteiger partial charge is 0.489 e. The van der Waals surface area contributed by atoms with E-state index >= 15 is 0 Å². The van der Waals surface area contributed by atoms with Crippen molar-refractivity contribution >= 4 is 17.5 Å². The molecule has 5 nitrogen and oxygen atoms in total. The normalized spacial score (nSPS) is 17.6. The van der Waals surface area contributed by atoms with E-state index < -0.39 is 0 Å². The van der Waals surface area contributed by atoms with Gasteiger partial charge in [-0.15, -0.1) is 0 Å². The molecule has 4 rings (SSSR count).